The van der Waals surface area contributed by atoms with Crippen molar-refractivity contribution in [3.05, 3.63) is 17.8 Å². The van der Waals surface area contributed by atoms with Crippen LogP contribution >= 0.6 is 0 Å². The van der Waals surface area contributed by atoms with Gasteiger partial charge in [-0.1, -0.05) is 12.8 Å². The number of esters is 1. The Bertz CT molecular complexity index is 530. The molecule has 1 aromatic rings. The maximum absolute atomic E-state index is 11.8. The van der Waals surface area contributed by atoms with Gasteiger partial charge in [0.1, 0.15) is 0 Å². The number of carbonyl (C=O) groups excluding carboxylic acids is 1. The second kappa shape index (κ2) is 5.92. The Balaban J connectivity index is 1.93. The summed E-state index contributed by atoms with van der Waals surface area (Å²) in [6, 6.07) is 2.16. The zero-order valence-corrected chi connectivity index (χ0v) is 12.5. The number of hydrogen-bond acceptors (Lipinski definition) is 5. The summed E-state index contributed by atoms with van der Waals surface area (Å²) >= 11 is 0. The average molecular weight is 289 g/mol. The van der Waals surface area contributed by atoms with Crippen molar-refractivity contribution in [2.24, 2.45) is 5.92 Å². The van der Waals surface area contributed by atoms with E-state index in [4.69, 9.17) is 10.5 Å². The number of anilines is 2. The lowest BCUT2D eigenvalue weighted by Crippen LogP contribution is -2.47. The Hall–Kier alpha value is -1.78. The Kier molecular flexibility index (Phi) is 3.99. The van der Waals surface area contributed by atoms with Crippen LogP contribution in [0.25, 0.3) is 0 Å². The third-order valence-electron chi connectivity index (χ3n) is 4.89. The average Bonchev–Trinajstić information content (AvgIpc) is 2.54. The van der Waals surface area contributed by atoms with Gasteiger partial charge in [0, 0.05) is 18.8 Å². The molecule has 1 saturated carbocycles. The highest BCUT2D eigenvalue weighted by Gasteiger charge is 2.35. The fraction of sp³-hybridized carbons (Fsp3) is 0.625. The minimum atomic E-state index is -0.395. The number of pyridine rings is 1. The summed E-state index contributed by atoms with van der Waals surface area (Å²) in [5.74, 6) is 1.11. The maximum atomic E-state index is 11.8. The van der Waals surface area contributed by atoms with Crippen molar-refractivity contribution in [2.45, 2.75) is 44.6 Å². The Morgan fingerprint density at radius 3 is 2.90 bits per heavy atom. The van der Waals surface area contributed by atoms with Crippen LogP contribution in [-0.2, 0) is 4.74 Å². The second-order valence-corrected chi connectivity index (χ2v) is 6.03. The molecular formula is C16H23N3O2. The van der Waals surface area contributed by atoms with Crippen molar-refractivity contribution >= 4 is 17.5 Å². The van der Waals surface area contributed by atoms with Gasteiger partial charge < -0.3 is 15.4 Å². The second-order valence-electron chi connectivity index (χ2n) is 6.03. The summed E-state index contributed by atoms with van der Waals surface area (Å²) in [5.41, 5.74) is 7.08. The van der Waals surface area contributed by atoms with Crippen LogP contribution in [0.4, 0.5) is 11.5 Å². The Morgan fingerprint density at radius 2 is 2.10 bits per heavy atom. The molecule has 0 radical (unpaired) electrons. The first-order chi connectivity index (χ1) is 10.2. The Labute approximate surface area is 125 Å². The van der Waals surface area contributed by atoms with Crippen molar-refractivity contribution in [1.82, 2.24) is 4.98 Å². The molecule has 2 fully saturated rings. The molecular weight excluding hydrogens is 266 g/mol. The number of nitrogens with zero attached hydrogens (tertiary/aromatic N) is 2. The highest BCUT2D eigenvalue weighted by Crippen LogP contribution is 2.39. The summed E-state index contributed by atoms with van der Waals surface area (Å²) < 4.78 is 4.80. The highest BCUT2D eigenvalue weighted by atomic mass is 16.5. The molecule has 1 aliphatic heterocycles. The quantitative estimate of drug-likeness (QED) is 0.848. The van der Waals surface area contributed by atoms with E-state index in [1.54, 1.807) is 12.3 Å². The lowest BCUT2D eigenvalue weighted by molar-refractivity contribution is 0.0602. The molecule has 3 rings (SSSR count). The molecule has 2 aliphatic rings. The predicted molar refractivity (Wildman–Crippen MR) is 82.3 cm³/mol. The molecule has 2 atom stereocenters. The molecule has 0 amide bonds. The van der Waals surface area contributed by atoms with E-state index in [1.807, 2.05) is 0 Å². The summed E-state index contributed by atoms with van der Waals surface area (Å²) in [6.07, 6.45) is 9.24. The summed E-state index contributed by atoms with van der Waals surface area (Å²) in [7, 11) is 1.37. The number of rotatable bonds is 2. The summed E-state index contributed by atoms with van der Waals surface area (Å²) in [6.45, 7) is 0.975. The van der Waals surface area contributed by atoms with E-state index < -0.39 is 5.97 Å². The van der Waals surface area contributed by atoms with Crippen LogP contribution in [0.15, 0.2) is 12.3 Å². The fourth-order valence-corrected chi connectivity index (χ4v) is 3.87. The number of hydrogen-bond donors (Lipinski definition) is 1. The lowest BCUT2D eigenvalue weighted by atomic mass is 9.78. The van der Waals surface area contributed by atoms with Gasteiger partial charge in [0.05, 0.1) is 18.4 Å². The minimum absolute atomic E-state index is 0.395. The highest BCUT2D eigenvalue weighted by molar-refractivity contribution is 5.97. The molecule has 0 aromatic carbocycles. The molecule has 1 aromatic heterocycles. The number of methoxy groups -OCH3 is 1. The lowest BCUT2D eigenvalue weighted by Gasteiger charge is -2.45. The third-order valence-corrected chi connectivity index (χ3v) is 4.89. The van der Waals surface area contributed by atoms with Gasteiger partial charge in [-0.15, -0.1) is 0 Å². The van der Waals surface area contributed by atoms with E-state index in [2.05, 4.69) is 9.88 Å². The first-order valence-electron chi connectivity index (χ1n) is 7.82. The normalized spacial score (nSPS) is 25.3. The SMILES string of the molecule is COC(=O)c1ccnc(N2CCCC3CCCCC32)c1N. The number of piperidine rings is 1. The smallest absolute Gasteiger partial charge is 0.340 e. The van der Waals surface area contributed by atoms with Crippen LogP contribution in [0.1, 0.15) is 48.9 Å². The van der Waals surface area contributed by atoms with E-state index in [0.717, 1.165) is 18.3 Å². The first-order valence-corrected chi connectivity index (χ1v) is 7.82. The van der Waals surface area contributed by atoms with Gasteiger partial charge >= 0.3 is 5.97 Å². The molecule has 21 heavy (non-hydrogen) atoms. The van der Waals surface area contributed by atoms with E-state index >= 15 is 0 Å². The number of fused-ring (bicyclic) bond motifs is 1. The van der Waals surface area contributed by atoms with Crippen molar-refractivity contribution < 1.29 is 9.53 Å². The van der Waals surface area contributed by atoms with Gasteiger partial charge in [0.2, 0.25) is 0 Å². The van der Waals surface area contributed by atoms with Crippen LogP contribution < -0.4 is 10.6 Å². The number of ether oxygens (including phenoxy) is 1. The maximum Gasteiger partial charge on any atom is 0.340 e. The van der Waals surface area contributed by atoms with Gasteiger partial charge in [-0.05, 0) is 37.7 Å². The number of nitrogens with two attached hydrogens (primary N) is 1. The summed E-state index contributed by atoms with van der Waals surface area (Å²) in [4.78, 5) is 18.6. The van der Waals surface area contributed by atoms with Gasteiger partial charge in [0.25, 0.3) is 0 Å². The molecule has 1 saturated heterocycles. The largest absolute Gasteiger partial charge is 0.465 e. The van der Waals surface area contributed by atoms with Gasteiger partial charge in [-0.2, -0.15) is 0 Å². The number of nitrogen functional groups attached to an aromatic ring is 1. The molecule has 2 N–H and O–H groups in total. The van der Waals surface area contributed by atoms with Crippen molar-refractivity contribution in [1.29, 1.82) is 0 Å². The third kappa shape index (κ3) is 2.57. The van der Waals surface area contributed by atoms with E-state index in [1.165, 1.54) is 45.6 Å². The van der Waals surface area contributed by atoms with E-state index in [0.29, 0.717) is 17.3 Å². The van der Waals surface area contributed by atoms with Crippen LogP contribution in [0, 0.1) is 5.92 Å². The molecule has 114 valence electrons. The van der Waals surface area contributed by atoms with Gasteiger partial charge in [0.15, 0.2) is 5.82 Å². The van der Waals surface area contributed by atoms with Gasteiger partial charge in [-0.25, -0.2) is 9.78 Å². The first kappa shape index (κ1) is 14.2. The van der Waals surface area contributed by atoms with Crippen molar-refractivity contribution in [2.75, 3.05) is 24.3 Å². The zero-order chi connectivity index (χ0) is 14.8. The molecule has 1 aliphatic carbocycles. The van der Waals surface area contributed by atoms with E-state index in [9.17, 15) is 4.79 Å². The standard InChI is InChI=1S/C16H23N3O2/c1-21-16(20)12-8-9-18-15(14(12)17)19-10-4-6-11-5-2-3-7-13(11)19/h8-9,11,13H,2-7,10,17H2,1H3. The van der Waals surface area contributed by atoms with Crippen molar-refractivity contribution in [3.8, 4) is 0 Å². The topological polar surface area (TPSA) is 68.5 Å². The van der Waals surface area contributed by atoms with Crippen LogP contribution in [-0.4, -0.2) is 30.6 Å². The molecule has 5 nitrogen and oxygen atoms in total. The number of aromatic nitrogens is 1. The zero-order valence-electron chi connectivity index (χ0n) is 12.5. The van der Waals surface area contributed by atoms with E-state index in [-0.39, 0.29) is 0 Å². The monoisotopic (exact) mass is 289 g/mol. The molecule has 0 bridgehead atoms. The fourth-order valence-electron chi connectivity index (χ4n) is 3.87. The number of carbonyl (C=O) groups is 1. The van der Waals surface area contributed by atoms with Crippen LogP contribution in [0.2, 0.25) is 0 Å². The van der Waals surface area contributed by atoms with Gasteiger partial charge in [-0.3, -0.25) is 0 Å². The molecule has 0 spiro atoms. The minimum Gasteiger partial charge on any atom is -0.465 e. The van der Waals surface area contributed by atoms with Crippen molar-refractivity contribution in [3.63, 3.8) is 0 Å². The predicted octanol–water partition coefficient (Wildman–Crippen LogP) is 2.61. The molecule has 5 heteroatoms. The van der Waals surface area contributed by atoms with Crippen LogP contribution in [0.3, 0.4) is 0 Å². The van der Waals surface area contributed by atoms with Crippen LogP contribution in [0.5, 0.6) is 0 Å². The Morgan fingerprint density at radius 1 is 1.33 bits per heavy atom. The molecule has 2 unspecified atom stereocenters. The summed E-state index contributed by atoms with van der Waals surface area (Å²) in [5, 5.41) is 0. The molecule has 2 heterocycles.